The Bertz CT molecular complexity index is 1000. The normalized spacial score (nSPS) is 17.1. The predicted molar refractivity (Wildman–Crippen MR) is 113 cm³/mol. The van der Waals surface area contributed by atoms with Gasteiger partial charge in [-0.1, -0.05) is 24.3 Å². The highest BCUT2D eigenvalue weighted by molar-refractivity contribution is 5.88. The monoisotopic (exact) mass is 406 g/mol. The number of nitrogens with zero attached hydrogens (tertiary/aromatic N) is 4. The van der Waals surface area contributed by atoms with Gasteiger partial charge in [-0.25, -0.2) is 0 Å². The third kappa shape index (κ3) is 4.83. The van der Waals surface area contributed by atoms with E-state index in [0.717, 1.165) is 29.4 Å². The van der Waals surface area contributed by atoms with Gasteiger partial charge >= 0.3 is 0 Å². The van der Waals surface area contributed by atoms with Gasteiger partial charge in [0.15, 0.2) is 0 Å². The molecule has 0 spiro atoms. The van der Waals surface area contributed by atoms with E-state index < -0.39 is 6.04 Å². The molecular formula is C22H26N6O2. The maximum Gasteiger partial charge on any atom is 0.237 e. The number of piperazine rings is 1. The molecule has 1 aliphatic heterocycles. The van der Waals surface area contributed by atoms with Crippen LogP contribution in [0.2, 0.25) is 0 Å². The molecule has 3 heterocycles. The Morgan fingerprint density at radius 3 is 2.97 bits per heavy atom. The van der Waals surface area contributed by atoms with Crippen LogP contribution in [0, 0.1) is 0 Å². The molecule has 0 bridgehead atoms. The Morgan fingerprint density at radius 2 is 2.10 bits per heavy atom. The van der Waals surface area contributed by atoms with Gasteiger partial charge in [0.2, 0.25) is 11.8 Å². The summed E-state index contributed by atoms with van der Waals surface area (Å²) in [5, 5.41) is 11.3. The van der Waals surface area contributed by atoms with Crippen LogP contribution in [0.25, 0.3) is 10.9 Å². The van der Waals surface area contributed by atoms with Crippen molar-refractivity contribution in [2.45, 2.75) is 32.0 Å². The number of para-hydroxylation sites is 1. The third-order valence-electron chi connectivity index (χ3n) is 5.35. The van der Waals surface area contributed by atoms with Crippen LogP contribution < -0.4 is 10.6 Å². The lowest BCUT2D eigenvalue weighted by Gasteiger charge is -2.34. The smallest absolute Gasteiger partial charge is 0.237 e. The summed E-state index contributed by atoms with van der Waals surface area (Å²) in [6.07, 6.45) is 6.29. The first-order valence-corrected chi connectivity index (χ1v) is 10.3. The molecule has 1 aromatic carbocycles. The van der Waals surface area contributed by atoms with E-state index >= 15 is 0 Å². The van der Waals surface area contributed by atoms with E-state index in [1.54, 1.807) is 12.4 Å². The molecule has 0 saturated carbocycles. The van der Waals surface area contributed by atoms with Gasteiger partial charge in [-0.05, 0) is 24.1 Å². The van der Waals surface area contributed by atoms with E-state index in [1.165, 1.54) is 0 Å². The Labute approximate surface area is 175 Å². The van der Waals surface area contributed by atoms with Crippen LogP contribution >= 0.6 is 0 Å². The minimum Gasteiger partial charge on any atom is -0.356 e. The molecule has 2 aromatic heterocycles. The van der Waals surface area contributed by atoms with Crippen molar-refractivity contribution >= 4 is 22.7 Å². The summed E-state index contributed by atoms with van der Waals surface area (Å²) < 4.78 is 1.95. The molecule has 0 radical (unpaired) electrons. The Balaban J connectivity index is 1.27. The number of fused-ring (bicyclic) bond motifs is 1. The van der Waals surface area contributed by atoms with Crippen LogP contribution in [0.4, 0.5) is 0 Å². The summed E-state index contributed by atoms with van der Waals surface area (Å²) in [7, 11) is 0. The maximum absolute atomic E-state index is 12.5. The summed E-state index contributed by atoms with van der Waals surface area (Å²) in [6, 6.07) is 11.5. The Kier molecular flexibility index (Phi) is 6.34. The zero-order valence-corrected chi connectivity index (χ0v) is 16.8. The van der Waals surface area contributed by atoms with Crippen LogP contribution in [0.3, 0.4) is 0 Å². The number of hydrogen-bond acceptors (Lipinski definition) is 5. The lowest BCUT2D eigenvalue weighted by molar-refractivity contribution is -0.134. The second-order valence-corrected chi connectivity index (χ2v) is 7.47. The van der Waals surface area contributed by atoms with Crippen LogP contribution in [0.15, 0.2) is 55.0 Å². The van der Waals surface area contributed by atoms with Crippen LogP contribution in [0.5, 0.6) is 0 Å². The third-order valence-corrected chi connectivity index (χ3v) is 5.35. The fraction of sp³-hybridized carbons (Fsp3) is 0.364. The van der Waals surface area contributed by atoms with Crippen molar-refractivity contribution in [2.75, 3.05) is 19.6 Å². The van der Waals surface area contributed by atoms with Crippen molar-refractivity contribution in [1.29, 1.82) is 0 Å². The first-order valence-electron chi connectivity index (χ1n) is 10.3. The van der Waals surface area contributed by atoms with Gasteiger partial charge in [0.1, 0.15) is 0 Å². The fourth-order valence-corrected chi connectivity index (χ4v) is 3.81. The summed E-state index contributed by atoms with van der Waals surface area (Å²) >= 11 is 0. The topological polar surface area (TPSA) is 92.1 Å². The van der Waals surface area contributed by atoms with Gasteiger partial charge < -0.3 is 10.6 Å². The number of carbonyl (C=O) groups excluding carboxylic acids is 2. The zero-order chi connectivity index (χ0) is 20.8. The van der Waals surface area contributed by atoms with Gasteiger partial charge in [0, 0.05) is 50.5 Å². The number of aromatic nitrogens is 3. The quantitative estimate of drug-likeness (QED) is 0.551. The molecule has 0 aliphatic carbocycles. The minimum atomic E-state index is -0.464. The molecule has 2 amide bonds. The van der Waals surface area contributed by atoms with Crippen molar-refractivity contribution in [3.8, 4) is 0 Å². The number of rotatable bonds is 8. The second-order valence-electron chi connectivity index (χ2n) is 7.47. The van der Waals surface area contributed by atoms with Crippen molar-refractivity contribution in [3.05, 3.63) is 60.6 Å². The van der Waals surface area contributed by atoms with Crippen molar-refractivity contribution in [1.82, 2.24) is 30.3 Å². The molecule has 1 atom stereocenters. The summed E-state index contributed by atoms with van der Waals surface area (Å²) in [5.41, 5.74) is 2.12. The number of benzene rings is 1. The molecule has 8 nitrogen and oxygen atoms in total. The van der Waals surface area contributed by atoms with Crippen molar-refractivity contribution in [3.63, 3.8) is 0 Å². The fourth-order valence-electron chi connectivity index (χ4n) is 3.81. The van der Waals surface area contributed by atoms with Gasteiger partial charge in [0.25, 0.3) is 0 Å². The molecule has 1 saturated heterocycles. The number of pyridine rings is 1. The highest BCUT2D eigenvalue weighted by Gasteiger charge is 2.31. The Hall–Kier alpha value is -3.26. The van der Waals surface area contributed by atoms with E-state index in [2.05, 4.69) is 20.7 Å². The minimum absolute atomic E-state index is 0.0942. The van der Waals surface area contributed by atoms with Crippen LogP contribution in [-0.4, -0.2) is 57.2 Å². The molecule has 156 valence electrons. The first-order chi connectivity index (χ1) is 14.7. The number of carbonyl (C=O) groups is 2. The summed E-state index contributed by atoms with van der Waals surface area (Å²) in [5.74, 6) is -0.207. The van der Waals surface area contributed by atoms with Crippen LogP contribution in [-0.2, 0) is 22.7 Å². The lowest BCUT2D eigenvalue weighted by Crippen LogP contribution is -2.56. The number of hydrogen-bond donors (Lipinski definition) is 2. The van der Waals surface area contributed by atoms with Gasteiger partial charge in [-0.3, -0.25) is 24.2 Å². The molecule has 8 heteroatoms. The van der Waals surface area contributed by atoms with E-state index in [0.29, 0.717) is 26.2 Å². The molecule has 4 rings (SSSR count). The molecular weight excluding hydrogens is 380 g/mol. The molecule has 1 fully saturated rings. The number of amides is 2. The van der Waals surface area contributed by atoms with Gasteiger partial charge in [-0.2, -0.15) is 5.10 Å². The SMILES string of the molecule is O=C(CC1C(=O)NCCN1Cc1cccnc1)NCCCn1ncc2ccccc21. The number of nitrogens with one attached hydrogen (secondary N) is 2. The number of aryl methyl sites for hydroxylation is 1. The van der Waals surface area contributed by atoms with E-state index in [-0.39, 0.29) is 18.2 Å². The molecule has 1 aliphatic rings. The zero-order valence-electron chi connectivity index (χ0n) is 16.8. The highest BCUT2D eigenvalue weighted by atomic mass is 16.2. The lowest BCUT2D eigenvalue weighted by atomic mass is 10.1. The average molecular weight is 406 g/mol. The average Bonchev–Trinajstić information content (AvgIpc) is 3.18. The van der Waals surface area contributed by atoms with Crippen LogP contribution in [0.1, 0.15) is 18.4 Å². The molecule has 3 aromatic rings. The maximum atomic E-state index is 12.5. The first kappa shape index (κ1) is 20.0. The standard InChI is InChI=1S/C22H26N6O2/c29-21(24-9-4-11-28-19-7-2-1-6-18(19)15-26-28)13-20-22(30)25-10-12-27(20)16-17-5-3-8-23-14-17/h1-3,5-8,14-15,20H,4,9-13,16H2,(H,24,29)(H,25,30). The Morgan fingerprint density at radius 1 is 1.20 bits per heavy atom. The van der Waals surface area contributed by atoms with Gasteiger partial charge in [0.05, 0.1) is 24.2 Å². The summed E-state index contributed by atoms with van der Waals surface area (Å²) in [4.78, 5) is 31.0. The van der Waals surface area contributed by atoms with Crippen molar-refractivity contribution in [2.24, 2.45) is 0 Å². The van der Waals surface area contributed by atoms with Crippen molar-refractivity contribution < 1.29 is 9.59 Å². The van der Waals surface area contributed by atoms with E-state index in [4.69, 9.17) is 0 Å². The molecule has 2 N–H and O–H groups in total. The largest absolute Gasteiger partial charge is 0.356 e. The highest BCUT2D eigenvalue weighted by Crippen LogP contribution is 2.14. The van der Waals surface area contributed by atoms with Gasteiger partial charge in [-0.15, -0.1) is 0 Å². The summed E-state index contributed by atoms with van der Waals surface area (Å²) in [6.45, 7) is 3.18. The predicted octanol–water partition coefficient (Wildman–Crippen LogP) is 1.33. The molecule has 30 heavy (non-hydrogen) atoms. The van der Waals surface area contributed by atoms with E-state index in [9.17, 15) is 9.59 Å². The second kappa shape index (κ2) is 9.49. The van der Waals surface area contributed by atoms with E-state index in [1.807, 2.05) is 52.2 Å². The molecule has 1 unspecified atom stereocenters.